The van der Waals surface area contributed by atoms with E-state index in [9.17, 15) is 4.79 Å². The molecular weight excluding hydrogens is 226 g/mol. The van der Waals surface area contributed by atoms with Crippen molar-refractivity contribution >= 4 is 5.97 Å². The van der Waals surface area contributed by atoms with Crippen molar-refractivity contribution in [3.8, 4) is 0 Å². The van der Waals surface area contributed by atoms with Gasteiger partial charge in [0.1, 0.15) is 0 Å². The van der Waals surface area contributed by atoms with Crippen LogP contribution >= 0.6 is 0 Å². The number of hydrogen-bond acceptors (Lipinski definition) is 3. The molecule has 1 N–H and O–H groups in total. The maximum absolute atomic E-state index is 10.9. The number of hydrogen-bond donors (Lipinski definition) is 1. The molecule has 1 aromatic carbocycles. The predicted octanol–water partition coefficient (Wildman–Crippen LogP) is 2.26. The van der Waals surface area contributed by atoms with Crippen molar-refractivity contribution in [1.82, 2.24) is 5.32 Å². The largest absolute Gasteiger partial charge is 0.469 e. The molecule has 1 aromatic rings. The summed E-state index contributed by atoms with van der Waals surface area (Å²) in [6, 6.07) is 8.74. The van der Waals surface area contributed by atoms with Gasteiger partial charge in [-0.25, -0.2) is 0 Å². The van der Waals surface area contributed by atoms with Crippen LogP contribution in [0.1, 0.15) is 36.3 Å². The molecule has 0 saturated heterocycles. The molecule has 1 aliphatic rings. The molecule has 18 heavy (non-hydrogen) atoms. The highest BCUT2D eigenvalue weighted by atomic mass is 16.5. The van der Waals surface area contributed by atoms with E-state index < -0.39 is 0 Å². The zero-order valence-corrected chi connectivity index (χ0v) is 10.9. The Balaban J connectivity index is 1.68. The molecule has 0 spiro atoms. The monoisotopic (exact) mass is 247 g/mol. The number of nitrogens with one attached hydrogen (secondary N) is 1. The van der Waals surface area contributed by atoms with E-state index in [0.29, 0.717) is 18.9 Å². The molecule has 0 fully saturated rings. The van der Waals surface area contributed by atoms with E-state index in [4.69, 9.17) is 0 Å². The van der Waals surface area contributed by atoms with E-state index in [1.54, 1.807) is 0 Å². The number of rotatable bonds is 6. The van der Waals surface area contributed by atoms with E-state index in [-0.39, 0.29) is 5.97 Å². The van der Waals surface area contributed by atoms with E-state index >= 15 is 0 Å². The van der Waals surface area contributed by atoms with Gasteiger partial charge in [-0.1, -0.05) is 24.3 Å². The maximum Gasteiger partial charge on any atom is 0.306 e. The second kappa shape index (κ2) is 6.55. The minimum atomic E-state index is -0.145. The smallest absolute Gasteiger partial charge is 0.306 e. The molecule has 1 aliphatic carbocycles. The lowest BCUT2D eigenvalue weighted by atomic mass is 9.98. The summed E-state index contributed by atoms with van der Waals surface area (Å²) in [6.45, 7) is 1.68. The molecule has 1 atom stereocenters. The molecule has 3 nitrogen and oxygen atoms in total. The average Bonchev–Trinajstić information content (AvgIpc) is 2.81. The Morgan fingerprint density at radius 2 is 2.22 bits per heavy atom. The van der Waals surface area contributed by atoms with Crippen LogP contribution in [0.5, 0.6) is 0 Å². The van der Waals surface area contributed by atoms with Crippen LogP contribution in [0.15, 0.2) is 24.3 Å². The van der Waals surface area contributed by atoms with Crippen molar-refractivity contribution in [2.24, 2.45) is 0 Å². The van der Waals surface area contributed by atoms with Gasteiger partial charge in [0.05, 0.1) is 13.5 Å². The van der Waals surface area contributed by atoms with Crippen LogP contribution in [0.25, 0.3) is 0 Å². The van der Waals surface area contributed by atoms with Crippen LogP contribution in [0.2, 0.25) is 0 Å². The zero-order valence-electron chi connectivity index (χ0n) is 10.9. The van der Waals surface area contributed by atoms with Crippen LogP contribution in [0, 0.1) is 0 Å². The first-order valence-electron chi connectivity index (χ1n) is 6.66. The first kappa shape index (κ1) is 13.1. The topological polar surface area (TPSA) is 38.3 Å². The Kier molecular flexibility index (Phi) is 4.76. The number of ether oxygens (including phenoxy) is 1. The van der Waals surface area contributed by atoms with Crippen LogP contribution in [-0.2, 0) is 16.0 Å². The van der Waals surface area contributed by atoms with Crippen molar-refractivity contribution < 1.29 is 9.53 Å². The molecule has 2 rings (SSSR count). The minimum absolute atomic E-state index is 0.145. The highest BCUT2D eigenvalue weighted by Gasteiger charge is 2.20. The van der Waals surface area contributed by atoms with Gasteiger partial charge in [-0.3, -0.25) is 4.79 Å². The third-order valence-electron chi connectivity index (χ3n) is 3.66. The summed E-state index contributed by atoms with van der Waals surface area (Å²) in [7, 11) is 1.43. The number of carbonyl (C=O) groups is 1. The molecule has 98 valence electrons. The fourth-order valence-corrected chi connectivity index (χ4v) is 2.64. The molecule has 1 unspecified atom stereocenters. The molecule has 0 saturated carbocycles. The van der Waals surface area contributed by atoms with Gasteiger partial charge in [-0.2, -0.15) is 0 Å². The van der Waals surface area contributed by atoms with Gasteiger partial charge >= 0.3 is 5.97 Å². The first-order chi connectivity index (χ1) is 8.81. The van der Waals surface area contributed by atoms with Crippen LogP contribution in [0.3, 0.4) is 0 Å². The van der Waals surface area contributed by atoms with Crippen LogP contribution in [-0.4, -0.2) is 26.2 Å². The average molecular weight is 247 g/mol. The minimum Gasteiger partial charge on any atom is -0.469 e. The molecule has 0 radical (unpaired) electrons. The number of methoxy groups -OCH3 is 1. The molecule has 0 aromatic heterocycles. The van der Waals surface area contributed by atoms with Crippen molar-refractivity contribution in [2.75, 3.05) is 20.2 Å². The van der Waals surface area contributed by atoms with Crippen molar-refractivity contribution in [2.45, 2.75) is 31.6 Å². The highest BCUT2D eigenvalue weighted by molar-refractivity contribution is 5.69. The highest BCUT2D eigenvalue weighted by Crippen LogP contribution is 2.34. The van der Waals surface area contributed by atoms with Crippen molar-refractivity contribution in [3.63, 3.8) is 0 Å². The molecule has 0 heterocycles. The van der Waals surface area contributed by atoms with Gasteiger partial charge in [-0.05, 0) is 42.9 Å². The summed E-state index contributed by atoms with van der Waals surface area (Å²) in [5, 5.41) is 3.31. The summed E-state index contributed by atoms with van der Waals surface area (Å²) in [5.41, 5.74) is 3.03. The van der Waals surface area contributed by atoms with E-state index in [2.05, 4.69) is 34.3 Å². The summed E-state index contributed by atoms with van der Waals surface area (Å²) < 4.78 is 4.60. The van der Waals surface area contributed by atoms with Gasteiger partial charge in [0, 0.05) is 6.54 Å². The SMILES string of the molecule is COC(=O)CCNCCC1CCc2ccccc21. The summed E-state index contributed by atoms with van der Waals surface area (Å²) in [6.07, 6.45) is 4.08. The Morgan fingerprint density at radius 3 is 3.06 bits per heavy atom. The van der Waals surface area contributed by atoms with Gasteiger partial charge in [0.15, 0.2) is 0 Å². The van der Waals surface area contributed by atoms with Gasteiger partial charge in [0.2, 0.25) is 0 Å². The molecule has 0 amide bonds. The third-order valence-corrected chi connectivity index (χ3v) is 3.66. The second-order valence-electron chi connectivity index (χ2n) is 4.80. The van der Waals surface area contributed by atoms with Gasteiger partial charge in [-0.15, -0.1) is 0 Å². The maximum atomic E-state index is 10.9. The summed E-state index contributed by atoms with van der Waals surface area (Å²) in [4.78, 5) is 10.9. The van der Waals surface area contributed by atoms with Crippen molar-refractivity contribution in [1.29, 1.82) is 0 Å². The summed E-state index contributed by atoms with van der Waals surface area (Å²) >= 11 is 0. The Hall–Kier alpha value is -1.35. The second-order valence-corrected chi connectivity index (χ2v) is 4.80. The standard InChI is InChI=1S/C15H21NO2/c1-18-15(17)9-11-16-10-8-13-7-6-12-4-2-3-5-14(12)13/h2-5,13,16H,6-11H2,1H3. The van der Waals surface area contributed by atoms with Gasteiger partial charge in [0.25, 0.3) is 0 Å². The third kappa shape index (κ3) is 3.33. The Morgan fingerprint density at radius 1 is 1.39 bits per heavy atom. The number of aryl methyl sites for hydroxylation is 1. The fraction of sp³-hybridized carbons (Fsp3) is 0.533. The summed E-state index contributed by atoms with van der Waals surface area (Å²) in [5.74, 6) is 0.542. The van der Waals surface area contributed by atoms with E-state index in [1.165, 1.54) is 31.1 Å². The first-order valence-corrected chi connectivity index (χ1v) is 6.66. The number of benzene rings is 1. The predicted molar refractivity (Wildman–Crippen MR) is 71.6 cm³/mol. The van der Waals surface area contributed by atoms with E-state index in [0.717, 1.165) is 13.0 Å². The van der Waals surface area contributed by atoms with Gasteiger partial charge < -0.3 is 10.1 Å². The molecule has 3 heteroatoms. The zero-order chi connectivity index (χ0) is 12.8. The number of carbonyl (C=O) groups excluding carboxylic acids is 1. The molecule has 0 aliphatic heterocycles. The molecular formula is C15H21NO2. The van der Waals surface area contributed by atoms with Crippen LogP contribution < -0.4 is 5.32 Å². The van der Waals surface area contributed by atoms with E-state index in [1.807, 2.05) is 0 Å². The number of esters is 1. The Labute approximate surface area is 109 Å². The quantitative estimate of drug-likeness (QED) is 0.619. The van der Waals surface area contributed by atoms with Crippen LogP contribution in [0.4, 0.5) is 0 Å². The lowest BCUT2D eigenvalue weighted by Gasteiger charge is -2.11. The fourth-order valence-electron chi connectivity index (χ4n) is 2.64. The Bertz CT molecular complexity index is 403. The lowest BCUT2D eigenvalue weighted by Crippen LogP contribution is -2.21. The lowest BCUT2D eigenvalue weighted by molar-refractivity contribution is -0.140. The van der Waals surface area contributed by atoms with Crippen molar-refractivity contribution in [3.05, 3.63) is 35.4 Å². The molecule has 0 bridgehead atoms. The number of fused-ring (bicyclic) bond motifs is 1. The normalized spacial score (nSPS) is 17.5.